The Bertz CT molecular complexity index is 1220. The predicted octanol–water partition coefficient (Wildman–Crippen LogP) is 3.80. The summed E-state index contributed by atoms with van der Waals surface area (Å²) in [7, 11) is 0. The fourth-order valence-corrected chi connectivity index (χ4v) is 3.69. The number of pyridine rings is 1. The van der Waals surface area contributed by atoms with Crippen LogP contribution in [0.1, 0.15) is 30.5 Å². The van der Waals surface area contributed by atoms with Crippen LogP contribution in [-0.2, 0) is 11.3 Å². The van der Waals surface area contributed by atoms with E-state index in [0.29, 0.717) is 72.0 Å². The summed E-state index contributed by atoms with van der Waals surface area (Å²) in [6.45, 7) is 8.28. The maximum Gasteiger partial charge on any atom is 0.237 e. The van der Waals surface area contributed by atoms with Crippen molar-refractivity contribution in [3.05, 3.63) is 53.3 Å². The third-order valence-electron chi connectivity index (χ3n) is 5.51. The fourth-order valence-electron chi connectivity index (χ4n) is 3.69. The standard InChI is InChI=1S/C25H28N6O3/c1-4-27-22-18(10-26)8-17(9-19(22)12-32)20-5-6-28-24(30-20)31-21-7-16(2)11-29-23(21)34-15-25(3)13-33-14-25/h5-9,11,27,32H,4,12-15H2,1-3H3,(H,28,30,31). The molecule has 3 N–H and O–H groups in total. The molecule has 0 bridgehead atoms. The summed E-state index contributed by atoms with van der Waals surface area (Å²) < 4.78 is 11.3. The minimum absolute atomic E-state index is 0.0120. The van der Waals surface area contributed by atoms with Gasteiger partial charge in [0.15, 0.2) is 0 Å². The van der Waals surface area contributed by atoms with Crippen LogP contribution in [-0.4, -0.2) is 46.4 Å². The van der Waals surface area contributed by atoms with Crippen LogP contribution in [0.15, 0.2) is 36.7 Å². The summed E-state index contributed by atoms with van der Waals surface area (Å²) in [4.78, 5) is 13.4. The Labute approximate surface area is 198 Å². The zero-order valence-electron chi connectivity index (χ0n) is 19.6. The van der Waals surface area contributed by atoms with Crippen molar-refractivity contribution in [1.82, 2.24) is 15.0 Å². The number of hydrogen-bond donors (Lipinski definition) is 3. The number of benzene rings is 1. The van der Waals surface area contributed by atoms with Gasteiger partial charge in [-0.1, -0.05) is 6.92 Å². The van der Waals surface area contributed by atoms with Crippen LogP contribution >= 0.6 is 0 Å². The average Bonchev–Trinajstić information content (AvgIpc) is 2.82. The van der Waals surface area contributed by atoms with Gasteiger partial charge in [-0.05, 0) is 43.7 Å². The molecule has 0 saturated carbocycles. The first-order valence-corrected chi connectivity index (χ1v) is 11.1. The van der Waals surface area contributed by atoms with E-state index in [4.69, 9.17) is 9.47 Å². The Hall–Kier alpha value is -3.74. The van der Waals surface area contributed by atoms with Gasteiger partial charge in [-0.25, -0.2) is 15.0 Å². The van der Waals surface area contributed by atoms with Crippen molar-refractivity contribution in [3.8, 4) is 23.2 Å². The number of nitriles is 1. The van der Waals surface area contributed by atoms with E-state index in [1.165, 1.54) is 0 Å². The van der Waals surface area contributed by atoms with Crippen molar-refractivity contribution in [2.45, 2.75) is 27.4 Å². The Morgan fingerprint density at radius 1 is 1.26 bits per heavy atom. The van der Waals surface area contributed by atoms with E-state index in [0.717, 1.165) is 5.56 Å². The Morgan fingerprint density at radius 3 is 2.76 bits per heavy atom. The Kier molecular flexibility index (Phi) is 6.91. The van der Waals surface area contributed by atoms with Gasteiger partial charge < -0.3 is 25.2 Å². The molecule has 0 spiro atoms. The molecule has 0 amide bonds. The number of aryl methyl sites for hydroxylation is 1. The van der Waals surface area contributed by atoms with E-state index in [1.807, 2.05) is 26.0 Å². The molecule has 1 aromatic carbocycles. The lowest BCUT2D eigenvalue weighted by atomic mass is 9.90. The Morgan fingerprint density at radius 2 is 2.09 bits per heavy atom. The summed E-state index contributed by atoms with van der Waals surface area (Å²) in [5.74, 6) is 0.838. The van der Waals surface area contributed by atoms with Crippen molar-refractivity contribution >= 4 is 17.3 Å². The smallest absolute Gasteiger partial charge is 0.237 e. The largest absolute Gasteiger partial charge is 0.475 e. The molecule has 0 radical (unpaired) electrons. The first-order valence-electron chi connectivity index (χ1n) is 11.1. The lowest BCUT2D eigenvalue weighted by Gasteiger charge is -2.37. The highest BCUT2D eigenvalue weighted by molar-refractivity contribution is 5.73. The fraction of sp³-hybridized carbons (Fsp3) is 0.360. The summed E-state index contributed by atoms with van der Waals surface area (Å²) in [6.07, 6.45) is 3.40. The SMILES string of the molecule is CCNc1c(C#N)cc(-c2ccnc(Nc3cc(C)cnc3OCC3(C)COC3)n2)cc1CO. The second-order valence-electron chi connectivity index (χ2n) is 8.71. The van der Waals surface area contributed by atoms with Crippen LogP contribution in [0.4, 0.5) is 17.3 Å². The second-order valence-corrected chi connectivity index (χ2v) is 8.71. The summed E-state index contributed by atoms with van der Waals surface area (Å²) >= 11 is 0. The number of aliphatic hydroxyl groups is 1. The minimum Gasteiger partial charge on any atom is -0.475 e. The van der Waals surface area contributed by atoms with Crippen LogP contribution in [0.2, 0.25) is 0 Å². The monoisotopic (exact) mass is 460 g/mol. The molecule has 1 saturated heterocycles. The molecule has 34 heavy (non-hydrogen) atoms. The normalized spacial score (nSPS) is 14.1. The molecule has 176 valence electrons. The number of aliphatic hydroxyl groups excluding tert-OH is 1. The lowest BCUT2D eigenvalue weighted by Crippen LogP contribution is -2.44. The molecular weight excluding hydrogens is 432 g/mol. The molecule has 0 unspecified atom stereocenters. The molecule has 1 fully saturated rings. The van der Waals surface area contributed by atoms with Crippen LogP contribution in [0.3, 0.4) is 0 Å². The number of nitrogens with zero attached hydrogens (tertiary/aromatic N) is 4. The number of ether oxygens (including phenoxy) is 2. The molecule has 9 nitrogen and oxygen atoms in total. The minimum atomic E-state index is -0.194. The molecule has 0 atom stereocenters. The van der Waals surface area contributed by atoms with Crippen LogP contribution in [0, 0.1) is 23.7 Å². The third-order valence-corrected chi connectivity index (χ3v) is 5.51. The second kappa shape index (κ2) is 10.0. The van der Waals surface area contributed by atoms with Gasteiger partial charge in [0.2, 0.25) is 11.8 Å². The van der Waals surface area contributed by atoms with Crippen molar-refractivity contribution in [2.24, 2.45) is 5.41 Å². The lowest BCUT2D eigenvalue weighted by molar-refractivity contribution is -0.120. The van der Waals surface area contributed by atoms with E-state index in [9.17, 15) is 10.4 Å². The summed E-state index contributed by atoms with van der Waals surface area (Å²) in [6, 6.07) is 9.48. The maximum atomic E-state index is 9.85. The zero-order valence-corrected chi connectivity index (χ0v) is 19.6. The predicted molar refractivity (Wildman–Crippen MR) is 129 cm³/mol. The molecular formula is C25H28N6O3. The number of aromatic nitrogens is 3. The highest BCUT2D eigenvalue weighted by Gasteiger charge is 2.34. The number of anilines is 3. The average molecular weight is 461 g/mol. The molecule has 1 aliphatic rings. The number of hydrogen-bond acceptors (Lipinski definition) is 9. The molecule has 3 heterocycles. The van der Waals surface area contributed by atoms with Crippen LogP contribution in [0.25, 0.3) is 11.3 Å². The molecule has 3 aromatic rings. The van der Waals surface area contributed by atoms with E-state index >= 15 is 0 Å². The molecule has 4 rings (SSSR count). The third kappa shape index (κ3) is 5.09. The molecule has 1 aliphatic heterocycles. The summed E-state index contributed by atoms with van der Waals surface area (Å²) in [5.41, 5.74) is 4.67. The van der Waals surface area contributed by atoms with E-state index in [2.05, 4.69) is 38.6 Å². The van der Waals surface area contributed by atoms with Gasteiger partial charge in [-0.15, -0.1) is 0 Å². The van der Waals surface area contributed by atoms with Gasteiger partial charge in [-0.2, -0.15) is 5.26 Å². The van der Waals surface area contributed by atoms with Gasteiger partial charge in [0.05, 0.1) is 43.4 Å². The molecule has 9 heteroatoms. The number of rotatable bonds is 9. The van der Waals surface area contributed by atoms with Crippen LogP contribution in [0.5, 0.6) is 5.88 Å². The van der Waals surface area contributed by atoms with Crippen molar-refractivity contribution in [2.75, 3.05) is 37.0 Å². The van der Waals surface area contributed by atoms with Crippen molar-refractivity contribution in [3.63, 3.8) is 0 Å². The van der Waals surface area contributed by atoms with E-state index in [1.54, 1.807) is 24.5 Å². The van der Waals surface area contributed by atoms with Gasteiger partial charge in [0, 0.05) is 35.5 Å². The van der Waals surface area contributed by atoms with Crippen molar-refractivity contribution < 1.29 is 14.6 Å². The highest BCUT2D eigenvalue weighted by atomic mass is 16.5. The molecule has 0 aliphatic carbocycles. The van der Waals surface area contributed by atoms with Gasteiger partial charge in [-0.3, -0.25) is 0 Å². The summed E-state index contributed by atoms with van der Waals surface area (Å²) in [5, 5.41) is 25.8. The van der Waals surface area contributed by atoms with Crippen molar-refractivity contribution in [1.29, 1.82) is 5.26 Å². The van der Waals surface area contributed by atoms with E-state index in [-0.39, 0.29) is 12.0 Å². The Balaban J connectivity index is 1.62. The first kappa shape index (κ1) is 23.4. The van der Waals surface area contributed by atoms with E-state index < -0.39 is 0 Å². The highest BCUT2D eigenvalue weighted by Crippen LogP contribution is 2.32. The first-order chi connectivity index (χ1) is 16.4. The quantitative estimate of drug-likeness (QED) is 0.437. The zero-order chi connectivity index (χ0) is 24.1. The van der Waals surface area contributed by atoms with Gasteiger partial charge >= 0.3 is 0 Å². The van der Waals surface area contributed by atoms with Gasteiger partial charge in [0.1, 0.15) is 11.8 Å². The molecule has 2 aromatic heterocycles. The maximum absolute atomic E-state index is 9.85. The van der Waals surface area contributed by atoms with Crippen LogP contribution < -0.4 is 15.4 Å². The topological polar surface area (TPSA) is 125 Å². The van der Waals surface area contributed by atoms with Gasteiger partial charge in [0.25, 0.3) is 0 Å². The number of nitrogens with one attached hydrogen (secondary N) is 2.